The van der Waals surface area contributed by atoms with Crippen LogP contribution in [0.1, 0.15) is 17.4 Å². The fourth-order valence-corrected chi connectivity index (χ4v) is 3.60. The fraction of sp³-hybridized carbons (Fsp3) is 0.391. The van der Waals surface area contributed by atoms with Gasteiger partial charge in [0.05, 0.1) is 19.8 Å². The fourth-order valence-electron chi connectivity index (χ4n) is 3.60. The molecule has 0 radical (unpaired) electrons. The summed E-state index contributed by atoms with van der Waals surface area (Å²) in [6.07, 6.45) is -2.29. The van der Waals surface area contributed by atoms with Gasteiger partial charge in [-0.05, 0) is 5.56 Å². The van der Waals surface area contributed by atoms with Crippen molar-refractivity contribution >= 4 is 0 Å². The Bertz CT molecular complexity index is 767. The van der Waals surface area contributed by atoms with E-state index in [-0.39, 0.29) is 6.61 Å². The molecule has 2 aliphatic rings. The van der Waals surface area contributed by atoms with E-state index < -0.39 is 37.0 Å². The first-order valence-corrected chi connectivity index (χ1v) is 9.80. The molecular weight excluding hydrogens is 372 g/mol. The molecule has 0 spiro atoms. The number of aliphatic hydroxyl groups is 1. The predicted octanol–water partition coefficient (Wildman–Crippen LogP) is 2.97. The van der Waals surface area contributed by atoms with Gasteiger partial charge in [-0.2, -0.15) is 0 Å². The van der Waals surface area contributed by atoms with Crippen molar-refractivity contribution in [2.45, 2.75) is 43.6 Å². The van der Waals surface area contributed by atoms with Crippen LogP contribution in [0, 0.1) is 0 Å². The van der Waals surface area contributed by atoms with Crippen LogP contribution in [0.15, 0.2) is 73.3 Å². The van der Waals surface area contributed by atoms with Gasteiger partial charge in [-0.3, -0.25) is 0 Å². The summed E-state index contributed by atoms with van der Waals surface area (Å²) >= 11 is 0. The van der Waals surface area contributed by atoms with Crippen LogP contribution < -0.4 is 0 Å². The van der Waals surface area contributed by atoms with Crippen LogP contribution in [0.2, 0.25) is 0 Å². The number of ether oxygens (including phenoxy) is 5. The first-order chi connectivity index (χ1) is 14.3. The highest BCUT2D eigenvalue weighted by Gasteiger charge is 2.50. The van der Waals surface area contributed by atoms with Gasteiger partial charge in [0.25, 0.3) is 0 Å². The first-order valence-electron chi connectivity index (χ1n) is 9.80. The Morgan fingerprint density at radius 1 is 1.00 bits per heavy atom. The molecular formula is C23H26O6. The molecule has 6 atom stereocenters. The molecule has 2 fully saturated rings. The normalized spacial score (nSPS) is 31.8. The minimum absolute atomic E-state index is 0.263. The zero-order valence-corrected chi connectivity index (χ0v) is 16.1. The van der Waals surface area contributed by atoms with E-state index in [1.165, 1.54) is 0 Å². The van der Waals surface area contributed by atoms with Crippen molar-refractivity contribution in [2.24, 2.45) is 0 Å². The Morgan fingerprint density at radius 2 is 1.72 bits per heavy atom. The van der Waals surface area contributed by atoms with E-state index >= 15 is 0 Å². The summed E-state index contributed by atoms with van der Waals surface area (Å²) in [5, 5.41) is 10.9. The van der Waals surface area contributed by atoms with Crippen molar-refractivity contribution in [3.63, 3.8) is 0 Å². The summed E-state index contributed by atoms with van der Waals surface area (Å²) in [7, 11) is 0. The van der Waals surface area contributed by atoms with E-state index in [4.69, 9.17) is 23.7 Å². The van der Waals surface area contributed by atoms with Crippen molar-refractivity contribution in [1.82, 2.24) is 0 Å². The average molecular weight is 398 g/mol. The number of fused-ring (bicyclic) bond motifs is 1. The van der Waals surface area contributed by atoms with Crippen LogP contribution in [0.3, 0.4) is 0 Å². The van der Waals surface area contributed by atoms with Gasteiger partial charge in [0.2, 0.25) is 0 Å². The Morgan fingerprint density at radius 3 is 2.45 bits per heavy atom. The maximum absolute atomic E-state index is 10.9. The maximum Gasteiger partial charge on any atom is 0.187 e. The monoisotopic (exact) mass is 398 g/mol. The van der Waals surface area contributed by atoms with Crippen LogP contribution in [0.25, 0.3) is 0 Å². The number of hydrogen-bond acceptors (Lipinski definition) is 6. The summed E-state index contributed by atoms with van der Waals surface area (Å²) in [6.45, 7) is 4.57. The van der Waals surface area contributed by atoms with Crippen LogP contribution in [-0.4, -0.2) is 49.0 Å². The molecule has 0 saturated carbocycles. The Balaban J connectivity index is 1.51. The van der Waals surface area contributed by atoms with Gasteiger partial charge in [-0.1, -0.05) is 66.7 Å². The van der Waals surface area contributed by atoms with E-state index in [0.717, 1.165) is 11.1 Å². The van der Waals surface area contributed by atoms with Crippen LogP contribution in [0.4, 0.5) is 0 Å². The van der Waals surface area contributed by atoms with Crippen molar-refractivity contribution in [3.05, 3.63) is 84.4 Å². The zero-order valence-electron chi connectivity index (χ0n) is 16.1. The number of aliphatic hydroxyl groups excluding tert-OH is 1. The quantitative estimate of drug-likeness (QED) is 0.724. The summed E-state index contributed by atoms with van der Waals surface area (Å²) in [5.74, 6) is 0. The molecule has 1 N–H and O–H groups in total. The summed E-state index contributed by atoms with van der Waals surface area (Å²) in [6, 6.07) is 19.5. The van der Waals surface area contributed by atoms with Crippen molar-refractivity contribution in [2.75, 3.05) is 13.2 Å². The summed E-state index contributed by atoms with van der Waals surface area (Å²) in [5.41, 5.74) is 1.92. The average Bonchev–Trinajstić information content (AvgIpc) is 2.78. The summed E-state index contributed by atoms with van der Waals surface area (Å²) < 4.78 is 29.7. The lowest BCUT2D eigenvalue weighted by Crippen LogP contribution is -2.63. The highest BCUT2D eigenvalue weighted by Crippen LogP contribution is 2.35. The van der Waals surface area contributed by atoms with Gasteiger partial charge >= 0.3 is 0 Å². The molecule has 154 valence electrons. The van der Waals surface area contributed by atoms with E-state index in [0.29, 0.717) is 13.2 Å². The standard InChI is InChI=1S/C23H26O6/c1-2-13-25-23-19(24)21(26-14-16-9-5-3-6-10-16)20-18(28-23)15-27-22(29-20)17-11-7-4-8-12-17/h2-12,18-24H,1,13-15H2/t18-,19-,20+,21-,22+,23-/m1/s1. The molecule has 6 nitrogen and oxygen atoms in total. The topological polar surface area (TPSA) is 66.4 Å². The molecule has 2 aromatic rings. The Kier molecular flexibility index (Phi) is 6.71. The third-order valence-electron chi connectivity index (χ3n) is 5.04. The van der Waals surface area contributed by atoms with Crippen molar-refractivity contribution in [1.29, 1.82) is 0 Å². The van der Waals surface area contributed by atoms with Gasteiger partial charge in [0.1, 0.15) is 24.4 Å². The van der Waals surface area contributed by atoms with E-state index in [1.54, 1.807) is 6.08 Å². The molecule has 0 unspecified atom stereocenters. The van der Waals surface area contributed by atoms with Crippen LogP contribution >= 0.6 is 0 Å². The van der Waals surface area contributed by atoms with Gasteiger partial charge in [0.15, 0.2) is 12.6 Å². The summed E-state index contributed by atoms with van der Waals surface area (Å²) in [4.78, 5) is 0. The molecule has 6 heteroatoms. The highest BCUT2D eigenvalue weighted by atomic mass is 16.8. The third-order valence-corrected chi connectivity index (χ3v) is 5.04. The van der Waals surface area contributed by atoms with Gasteiger partial charge in [0, 0.05) is 5.56 Å². The first kappa shape index (κ1) is 20.2. The molecule has 2 aromatic carbocycles. The second-order valence-electron chi connectivity index (χ2n) is 7.09. The minimum atomic E-state index is -1.01. The molecule has 2 aliphatic heterocycles. The number of hydrogen-bond donors (Lipinski definition) is 1. The van der Waals surface area contributed by atoms with Crippen molar-refractivity contribution < 1.29 is 28.8 Å². The van der Waals surface area contributed by atoms with E-state index in [2.05, 4.69) is 6.58 Å². The lowest BCUT2D eigenvalue weighted by molar-refractivity contribution is -0.365. The van der Waals surface area contributed by atoms with Crippen LogP contribution in [0.5, 0.6) is 0 Å². The molecule has 2 saturated heterocycles. The molecule has 0 aromatic heterocycles. The number of benzene rings is 2. The Labute approximate surface area is 170 Å². The van der Waals surface area contributed by atoms with Crippen molar-refractivity contribution in [3.8, 4) is 0 Å². The second-order valence-corrected chi connectivity index (χ2v) is 7.09. The highest BCUT2D eigenvalue weighted by molar-refractivity contribution is 5.17. The Hall–Kier alpha value is -2.06. The SMILES string of the molecule is C=CCO[C@@H]1O[C@@H]2CO[C@H](c3ccccc3)O[C@@H]2[C@H](OCc2ccccc2)[C@H]1O. The van der Waals surface area contributed by atoms with Gasteiger partial charge in [-0.25, -0.2) is 0 Å². The lowest BCUT2D eigenvalue weighted by Gasteiger charge is -2.47. The predicted molar refractivity (Wildman–Crippen MR) is 106 cm³/mol. The smallest absolute Gasteiger partial charge is 0.187 e. The largest absolute Gasteiger partial charge is 0.385 e. The van der Waals surface area contributed by atoms with Gasteiger partial charge in [-0.15, -0.1) is 6.58 Å². The zero-order chi connectivity index (χ0) is 20.1. The molecule has 29 heavy (non-hydrogen) atoms. The lowest BCUT2D eigenvalue weighted by atomic mass is 9.97. The second kappa shape index (κ2) is 9.63. The van der Waals surface area contributed by atoms with Crippen LogP contribution in [-0.2, 0) is 30.3 Å². The molecule has 2 heterocycles. The molecule has 0 aliphatic carbocycles. The van der Waals surface area contributed by atoms with Gasteiger partial charge < -0.3 is 28.8 Å². The molecule has 0 bridgehead atoms. The third kappa shape index (κ3) is 4.75. The molecule has 4 rings (SSSR count). The minimum Gasteiger partial charge on any atom is -0.385 e. The van der Waals surface area contributed by atoms with E-state index in [1.807, 2.05) is 60.7 Å². The number of rotatable bonds is 7. The maximum atomic E-state index is 10.9. The van der Waals surface area contributed by atoms with E-state index in [9.17, 15) is 5.11 Å². The molecule has 0 amide bonds.